The Morgan fingerprint density at radius 1 is 1.17 bits per heavy atom. The maximum absolute atomic E-state index is 13.7. The highest BCUT2D eigenvalue weighted by atomic mass is 19.1. The minimum Gasteiger partial charge on any atom is -0.454 e. The van der Waals surface area contributed by atoms with Gasteiger partial charge in [-0.1, -0.05) is 29.8 Å². The lowest BCUT2D eigenvalue weighted by Gasteiger charge is -2.12. The van der Waals surface area contributed by atoms with Gasteiger partial charge in [0.1, 0.15) is 5.75 Å². The summed E-state index contributed by atoms with van der Waals surface area (Å²) in [5.74, 6) is 0.217. The molecule has 0 saturated heterocycles. The summed E-state index contributed by atoms with van der Waals surface area (Å²) in [5.41, 5.74) is 2.49. The van der Waals surface area contributed by atoms with Gasteiger partial charge in [0.05, 0.1) is 6.61 Å². The third-order valence-electron chi connectivity index (χ3n) is 2.76. The van der Waals surface area contributed by atoms with Crippen LogP contribution >= 0.6 is 0 Å². The van der Waals surface area contributed by atoms with E-state index in [9.17, 15) is 9.50 Å². The molecule has 0 heterocycles. The van der Waals surface area contributed by atoms with Gasteiger partial charge < -0.3 is 9.84 Å². The fourth-order valence-electron chi connectivity index (χ4n) is 1.82. The summed E-state index contributed by atoms with van der Waals surface area (Å²) in [7, 11) is 0. The first-order valence-corrected chi connectivity index (χ1v) is 5.75. The zero-order valence-electron chi connectivity index (χ0n) is 10.4. The second-order valence-corrected chi connectivity index (χ2v) is 4.26. The van der Waals surface area contributed by atoms with E-state index < -0.39 is 5.82 Å². The standard InChI is InChI=1S/C15H15FO2/c1-10-6-7-14(11(2)8-10)18-15-12(9-17)4-3-5-13(15)16/h3-8,17H,9H2,1-2H3. The van der Waals surface area contributed by atoms with Crippen LogP contribution in [0.3, 0.4) is 0 Å². The molecule has 0 fully saturated rings. The molecular formula is C15H15FO2. The first-order valence-electron chi connectivity index (χ1n) is 5.75. The first kappa shape index (κ1) is 12.6. The van der Waals surface area contributed by atoms with Crippen LogP contribution in [0.5, 0.6) is 11.5 Å². The highest BCUT2D eigenvalue weighted by Gasteiger charge is 2.11. The number of para-hydroxylation sites is 1. The number of hydrogen-bond donors (Lipinski definition) is 1. The van der Waals surface area contributed by atoms with E-state index in [1.807, 2.05) is 26.0 Å². The Hall–Kier alpha value is -1.87. The van der Waals surface area contributed by atoms with Crippen molar-refractivity contribution >= 4 is 0 Å². The number of benzene rings is 2. The molecule has 0 aliphatic heterocycles. The molecule has 0 amide bonds. The first-order chi connectivity index (χ1) is 8.61. The zero-order valence-corrected chi connectivity index (χ0v) is 10.4. The van der Waals surface area contributed by atoms with Crippen LogP contribution in [0, 0.1) is 19.7 Å². The zero-order chi connectivity index (χ0) is 13.1. The van der Waals surface area contributed by atoms with E-state index in [2.05, 4.69) is 0 Å². The molecule has 0 aliphatic rings. The number of rotatable bonds is 3. The number of hydrogen-bond acceptors (Lipinski definition) is 2. The molecule has 2 aromatic rings. The molecule has 0 spiro atoms. The maximum atomic E-state index is 13.7. The Morgan fingerprint density at radius 2 is 1.94 bits per heavy atom. The van der Waals surface area contributed by atoms with Gasteiger partial charge in [0, 0.05) is 5.56 Å². The monoisotopic (exact) mass is 246 g/mol. The molecular weight excluding hydrogens is 231 g/mol. The van der Waals surface area contributed by atoms with Crippen molar-refractivity contribution in [2.24, 2.45) is 0 Å². The van der Waals surface area contributed by atoms with Crippen molar-refractivity contribution < 1.29 is 14.2 Å². The minimum atomic E-state index is -0.471. The van der Waals surface area contributed by atoms with Crippen molar-refractivity contribution in [1.82, 2.24) is 0 Å². The molecule has 0 atom stereocenters. The Bertz CT molecular complexity index is 564. The van der Waals surface area contributed by atoms with Crippen LogP contribution in [0.1, 0.15) is 16.7 Å². The number of aryl methyl sites for hydroxylation is 2. The lowest BCUT2D eigenvalue weighted by Crippen LogP contribution is -1.96. The Balaban J connectivity index is 2.39. The minimum absolute atomic E-state index is 0.0898. The summed E-state index contributed by atoms with van der Waals surface area (Å²) in [6, 6.07) is 10.2. The van der Waals surface area contributed by atoms with Crippen LogP contribution in [0.2, 0.25) is 0 Å². The van der Waals surface area contributed by atoms with Gasteiger partial charge in [-0.2, -0.15) is 0 Å². The van der Waals surface area contributed by atoms with E-state index in [1.54, 1.807) is 18.2 Å². The van der Waals surface area contributed by atoms with Crippen molar-refractivity contribution in [3.05, 3.63) is 58.9 Å². The lowest BCUT2D eigenvalue weighted by atomic mass is 10.1. The van der Waals surface area contributed by atoms with E-state index in [1.165, 1.54) is 6.07 Å². The van der Waals surface area contributed by atoms with Gasteiger partial charge in [-0.3, -0.25) is 0 Å². The van der Waals surface area contributed by atoms with Crippen LogP contribution in [-0.4, -0.2) is 5.11 Å². The predicted molar refractivity (Wildman–Crippen MR) is 68.3 cm³/mol. The molecule has 2 nitrogen and oxygen atoms in total. The van der Waals surface area contributed by atoms with Crippen molar-refractivity contribution in [2.75, 3.05) is 0 Å². The molecule has 0 saturated carbocycles. The summed E-state index contributed by atoms with van der Waals surface area (Å²) in [6.45, 7) is 3.64. The molecule has 0 bridgehead atoms. The number of aliphatic hydroxyl groups is 1. The number of halogens is 1. The quantitative estimate of drug-likeness (QED) is 0.894. The Labute approximate surface area is 106 Å². The highest BCUT2D eigenvalue weighted by molar-refractivity contribution is 5.42. The molecule has 18 heavy (non-hydrogen) atoms. The molecule has 0 radical (unpaired) electrons. The normalized spacial score (nSPS) is 10.4. The van der Waals surface area contributed by atoms with E-state index in [-0.39, 0.29) is 12.4 Å². The Morgan fingerprint density at radius 3 is 2.61 bits per heavy atom. The topological polar surface area (TPSA) is 29.5 Å². The fourth-order valence-corrected chi connectivity index (χ4v) is 1.82. The van der Waals surface area contributed by atoms with Crippen LogP contribution in [0.25, 0.3) is 0 Å². The molecule has 0 aromatic heterocycles. The summed E-state index contributed by atoms with van der Waals surface area (Å²) in [5, 5.41) is 9.19. The van der Waals surface area contributed by atoms with Gasteiger partial charge in [-0.15, -0.1) is 0 Å². The SMILES string of the molecule is Cc1ccc(Oc2c(F)cccc2CO)c(C)c1. The molecule has 3 heteroatoms. The van der Waals surface area contributed by atoms with Crippen molar-refractivity contribution in [3.8, 4) is 11.5 Å². The fraction of sp³-hybridized carbons (Fsp3) is 0.200. The van der Waals surface area contributed by atoms with Crippen LogP contribution in [-0.2, 0) is 6.61 Å². The predicted octanol–water partition coefficient (Wildman–Crippen LogP) is 3.73. The number of aliphatic hydroxyl groups excluding tert-OH is 1. The molecule has 1 N–H and O–H groups in total. The molecule has 94 valence electrons. The van der Waals surface area contributed by atoms with Gasteiger partial charge in [0.25, 0.3) is 0 Å². The van der Waals surface area contributed by atoms with E-state index in [4.69, 9.17) is 4.74 Å². The molecule has 2 aromatic carbocycles. The maximum Gasteiger partial charge on any atom is 0.168 e. The molecule has 0 aliphatic carbocycles. The highest BCUT2D eigenvalue weighted by Crippen LogP contribution is 2.30. The van der Waals surface area contributed by atoms with Gasteiger partial charge in [0.2, 0.25) is 0 Å². The van der Waals surface area contributed by atoms with Crippen molar-refractivity contribution in [3.63, 3.8) is 0 Å². The summed E-state index contributed by atoms with van der Waals surface area (Å²) < 4.78 is 19.3. The summed E-state index contributed by atoms with van der Waals surface area (Å²) in [4.78, 5) is 0. The Kier molecular flexibility index (Phi) is 3.63. The van der Waals surface area contributed by atoms with Crippen molar-refractivity contribution in [1.29, 1.82) is 0 Å². The van der Waals surface area contributed by atoms with Crippen LogP contribution in [0.15, 0.2) is 36.4 Å². The molecule has 2 rings (SSSR count). The number of ether oxygens (including phenoxy) is 1. The largest absolute Gasteiger partial charge is 0.454 e. The second-order valence-electron chi connectivity index (χ2n) is 4.26. The third-order valence-corrected chi connectivity index (χ3v) is 2.76. The average Bonchev–Trinajstić information content (AvgIpc) is 2.34. The smallest absolute Gasteiger partial charge is 0.168 e. The van der Waals surface area contributed by atoms with Crippen molar-refractivity contribution in [2.45, 2.75) is 20.5 Å². The van der Waals surface area contributed by atoms with Gasteiger partial charge >= 0.3 is 0 Å². The third kappa shape index (κ3) is 2.51. The summed E-state index contributed by atoms with van der Waals surface area (Å²) in [6.07, 6.45) is 0. The van der Waals surface area contributed by atoms with Crippen LogP contribution < -0.4 is 4.74 Å². The van der Waals surface area contributed by atoms with Gasteiger partial charge in [-0.25, -0.2) is 4.39 Å². The van der Waals surface area contributed by atoms with E-state index in [0.29, 0.717) is 11.3 Å². The second kappa shape index (κ2) is 5.19. The lowest BCUT2D eigenvalue weighted by molar-refractivity contribution is 0.274. The van der Waals surface area contributed by atoms with E-state index in [0.717, 1.165) is 11.1 Å². The van der Waals surface area contributed by atoms with Gasteiger partial charge in [-0.05, 0) is 31.5 Å². The van der Waals surface area contributed by atoms with Gasteiger partial charge in [0.15, 0.2) is 11.6 Å². The molecule has 0 unspecified atom stereocenters. The summed E-state index contributed by atoms with van der Waals surface area (Å²) >= 11 is 0. The van der Waals surface area contributed by atoms with Crippen LogP contribution in [0.4, 0.5) is 4.39 Å². The average molecular weight is 246 g/mol. The van der Waals surface area contributed by atoms with E-state index >= 15 is 0 Å².